The molecule has 3 aromatic rings. The van der Waals surface area contributed by atoms with E-state index in [0.717, 1.165) is 24.4 Å². The van der Waals surface area contributed by atoms with Crippen molar-refractivity contribution in [1.29, 1.82) is 0 Å². The predicted molar refractivity (Wildman–Crippen MR) is 101 cm³/mol. The van der Waals surface area contributed by atoms with E-state index in [2.05, 4.69) is 40.2 Å². The van der Waals surface area contributed by atoms with Crippen LogP contribution in [0.3, 0.4) is 0 Å². The summed E-state index contributed by atoms with van der Waals surface area (Å²) in [5.74, 6) is 1.26. The molecule has 0 unspecified atom stereocenters. The van der Waals surface area contributed by atoms with Crippen LogP contribution in [-0.4, -0.2) is 56.8 Å². The van der Waals surface area contributed by atoms with Crippen molar-refractivity contribution >= 4 is 10.9 Å². The van der Waals surface area contributed by atoms with Crippen LogP contribution in [0.1, 0.15) is 24.8 Å². The van der Waals surface area contributed by atoms with Gasteiger partial charge in [0, 0.05) is 19.0 Å². The number of aryl methyl sites for hydroxylation is 1. The number of ether oxygens (including phenoxy) is 1. The van der Waals surface area contributed by atoms with E-state index in [1.165, 1.54) is 30.5 Å². The lowest BCUT2D eigenvalue weighted by atomic mass is 9.81. The van der Waals surface area contributed by atoms with Crippen LogP contribution in [-0.2, 0) is 11.8 Å². The van der Waals surface area contributed by atoms with Crippen molar-refractivity contribution in [2.75, 3.05) is 26.3 Å². The molecule has 6 heteroatoms. The Hall–Kier alpha value is -2.18. The summed E-state index contributed by atoms with van der Waals surface area (Å²) in [6.07, 6.45) is 7.01. The zero-order chi connectivity index (χ0) is 17.7. The highest BCUT2D eigenvalue weighted by atomic mass is 16.5. The number of likely N-dealkylation sites (tertiary alicyclic amines) is 1. The van der Waals surface area contributed by atoms with E-state index in [1.54, 1.807) is 0 Å². The summed E-state index contributed by atoms with van der Waals surface area (Å²) in [5.41, 5.74) is 3.60. The maximum atomic E-state index is 5.37. The quantitative estimate of drug-likeness (QED) is 0.728. The second-order valence-electron chi connectivity index (χ2n) is 7.81. The van der Waals surface area contributed by atoms with Gasteiger partial charge in [0.2, 0.25) is 0 Å². The molecule has 0 aliphatic carbocycles. The Labute approximate surface area is 153 Å². The van der Waals surface area contributed by atoms with E-state index in [-0.39, 0.29) is 0 Å². The lowest BCUT2D eigenvalue weighted by molar-refractivity contribution is -0.0773. The molecule has 2 aromatic heterocycles. The van der Waals surface area contributed by atoms with E-state index in [1.807, 2.05) is 35.0 Å². The summed E-state index contributed by atoms with van der Waals surface area (Å²) in [6.45, 7) is 6.54. The number of piperidine rings is 1. The minimum Gasteiger partial charge on any atom is -0.378 e. The first-order valence-electron chi connectivity index (χ1n) is 9.47. The lowest BCUT2D eigenvalue weighted by Crippen LogP contribution is -2.53. The molecular formula is C20H25N5O. The molecule has 0 bridgehead atoms. The molecule has 0 saturated carbocycles. The molecule has 136 valence electrons. The molecule has 4 heterocycles. The molecule has 5 rings (SSSR count). The third-order valence-corrected chi connectivity index (χ3v) is 6.03. The van der Waals surface area contributed by atoms with Crippen LogP contribution in [0.25, 0.3) is 16.6 Å². The van der Waals surface area contributed by atoms with Crippen LogP contribution in [0.4, 0.5) is 0 Å². The SMILES string of the molecule is C[C@H]1CN(C2COC2)CC[C@@H]1c1ccc2cnn(-c3cnn(C)c3)c2c1. The first-order chi connectivity index (χ1) is 12.7. The van der Waals surface area contributed by atoms with E-state index < -0.39 is 0 Å². The van der Waals surface area contributed by atoms with Crippen molar-refractivity contribution in [2.45, 2.75) is 25.3 Å². The van der Waals surface area contributed by atoms with Crippen molar-refractivity contribution in [3.63, 3.8) is 0 Å². The number of aromatic nitrogens is 4. The topological polar surface area (TPSA) is 48.1 Å². The van der Waals surface area contributed by atoms with Gasteiger partial charge in [-0.05, 0) is 36.4 Å². The zero-order valence-corrected chi connectivity index (χ0v) is 15.4. The van der Waals surface area contributed by atoms with E-state index in [4.69, 9.17) is 4.74 Å². The van der Waals surface area contributed by atoms with Crippen molar-refractivity contribution in [3.05, 3.63) is 42.4 Å². The van der Waals surface area contributed by atoms with Gasteiger partial charge < -0.3 is 4.74 Å². The summed E-state index contributed by atoms with van der Waals surface area (Å²) in [7, 11) is 1.93. The van der Waals surface area contributed by atoms with Gasteiger partial charge in [0.05, 0.1) is 43.4 Å². The zero-order valence-electron chi connectivity index (χ0n) is 15.4. The van der Waals surface area contributed by atoms with Crippen molar-refractivity contribution in [3.8, 4) is 5.69 Å². The number of fused-ring (bicyclic) bond motifs is 1. The molecule has 1 aromatic carbocycles. The highest BCUT2D eigenvalue weighted by Crippen LogP contribution is 2.35. The van der Waals surface area contributed by atoms with E-state index in [9.17, 15) is 0 Å². The smallest absolute Gasteiger partial charge is 0.103 e. The third kappa shape index (κ3) is 2.64. The van der Waals surface area contributed by atoms with Crippen LogP contribution in [0.2, 0.25) is 0 Å². The minimum absolute atomic E-state index is 0.605. The van der Waals surface area contributed by atoms with Gasteiger partial charge in [-0.1, -0.05) is 19.1 Å². The van der Waals surface area contributed by atoms with Crippen LogP contribution in [0.5, 0.6) is 0 Å². The molecule has 2 aliphatic heterocycles. The Balaban J connectivity index is 1.44. The van der Waals surface area contributed by atoms with Crippen LogP contribution in [0, 0.1) is 5.92 Å². The second-order valence-corrected chi connectivity index (χ2v) is 7.81. The first kappa shape index (κ1) is 16.0. The number of benzene rings is 1. The molecule has 26 heavy (non-hydrogen) atoms. The van der Waals surface area contributed by atoms with Gasteiger partial charge in [0.1, 0.15) is 5.69 Å². The molecule has 2 atom stereocenters. The van der Waals surface area contributed by atoms with Crippen molar-refractivity contribution in [1.82, 2.24) is 24.5 Å². The average molecular weight is 351 g/mol. The van der Waals surface area contributed by atoms with Crippen LogP contribution >= 0.6 is 0 Å². The van der Waals surface area contributed by atoms with Gasteiger partial charge in [0.15, 0.2) is 0 Å². The molecule has 0 radical (unpaired) electrons. The van der Waals surface area contributed by atoms with Gasteiger partial charge in [-0.3, -0.25) is 9.58 Å². The standard InChI is InChI=1S/C20H25N5O/c1-14-10-24(18-12-26-13-18)6-5-19(14)15-3-4-16-8-22-25(20(16)7-15)17-9-21-23(2)11-17/h3-4,7-9,11,14,18-19H,5-6,10,12-13H2,1-2H3/t14-,19-/m0/s1. The van der Waals surface area contributed by atoms with Gasteiger partial charge in [-0.15, -0.1) is 0 Å². The molecule has 2 saturated heterocycles. The van der Waals surface area contributed by atoms with E-state index in [0.29, 0.717) is 17.9 Å². The lowest BCUT2D eigenvalue weighted by Gasteiger charge is -2.44. The maximum absolute atomic E-state index is 5.37. The van der Waals surface area contributed by atoms with Crippen molar-refractivity contribution < 1.29 is 4.74 Å². The summed E-state index contributed by atoms with van der Waals surface area (Å²) >= 11 is 0. The van der Waals surface area contributed by atoms with Gasteiger partial charge >= 0.3 is 0 Å². The molecule has 0 spiro atoms. The van der Waals surface area contributed by atoms with E-state index >= 15 is 0 Å². The highest BCUT2D eigenvalue weighted by molar-refractivity contribution is 5.81. The summed E-state index contributed by atoms with van der Waals surface area (Å²) in [6, 6.07) is 7.48. The summed E-state index contributed by atoms with van der Waals surface area (Å²) in [5, 5.41) is 10.0. The fourth-order valence-electron chi connectivity index (χ4n) is 4.43. The number of hydrogen-bond acceptors (Lipinski definition) is 4. The fourth-order valence-corrected chi connectivity index (χ4v) is 4.43. The fraction of sp³-hybridized carbons (Fsp3) is 0.500. The average Bonchev–Trinajstić information content (AvgIpc) is 3.18. The predicted octanol–water partition coefficient (Wildman–Crippen LogP) is 2.58. The third-order valence-electron chi connectivity index (χ3n) is 6.03. The molecule has 0 amide bonds. The Morgan fingerprint density at radius 3 is 2.73 bits per heavy atom. The molecular weight excluding hydrogens is 326 g/mol. The van der Waals surface area contributed by atoms with Gasteiger partial charge in [-0.2, -0.15) is 10.2 Å². The Bertz CT molecular complexity index is 925. The van der Waals surface area contributed by atoms with Crippen LogP contribution in [0.15, 0.2) is 36.8 Å². The van der Waals surface area contributed by atoms with Crippen LogP contribution < -0.4 is 0 Å². The van der Waals surface area contributed by atoms with Crippen molar-refractivity contribution in [2.24, 2.45) is 13.0 Å². The molecule has 2 aliphatic rings. The molecule has 2 fully saturated rings. The Morgan fingerprint density at radius 1 is 1.15 bits per heavy atom. The first-order valence-corrected chi connectivity index (χ1v) is 9.47. The molecule has 0 N–H and O–H groups in total. The second kappa shape index (κ2) is 6.21. The molecule has 6 nitrogen and oxygen atoms in total. The number of hydrogen-bond donors (Lipinski definition) is 0. The monoisotopic (exact) mass is 351 g/mol. The minimum atomic E-state index is 0.605. The summed E-state index contributed by atoms with van der Waals surface area (Å²) < 4.78 is 9.18. The Morgan fingerprint density at radius 2 is 2.04 bits per heavy atom. The van der Waals surface area contributed by atoms with Gasteiger partial charge in [0.25, 0.3) is 0 Å². The largest absolute Gasteiger partial charge is 0.378 e. The maximum Gasteiger partial charge on any atom is 0.103 e. The number of rotatable bonds is 3. The highest BCUT2D eigenvalue weighted by Gasteiger charge is 2.33. The van der Waals surface area contributed by atoms with Gasteiger partial charge in [-0.25, -0.2) is 4.68 Å². The Kier molecular flexibility index (Phi) is 3.83. The summed E-state index contributed by atoms with van der Waals surface area (Å²) in [4.78, 5) is 2.61. The normalized spacial score (nSPS) is 24.8. The number of nitrogens with zero attached hydrogens (tertiary/aromatic N) is 5.